The minimum Gasteiger partial charge on any atom is -0.496 e. The van der Waals surface area contributed by atoms with Crippen molar-refractivity contribution >= 4 is 0 Å². The zero-order chi connectivity index (χ0) is 20.6. The number of hydrogen-bond donors (Lipinski definition) is 2. The van der Waals surface area contributed by atoms with E-state index in [2.05, 4.69) is 0 Å². The van der Waals surface area contributed by atoms with Crippen molar-refractivity contribution in [2.75, 3.05) is 7.11 Å². The molecule has 0 aliphatic carbocycles. The van der Waals surface area contributed by atoms with Crippen LogP contribution in [0.25, 0.3) is 0 Å². The third-order valence-corrected chi connectivity index (χ3v) is 5.23. The van der Waals surface area contributed by atoms with Crippen LogP contribution in [0.5, 0.6) is 11.5 Å². The summed E-state index contributed by atoms with van der Waals surface area (Å²) < 4.78 is 11.4. The first-order chi connectivity index (χ1) is 14.1. The van der Waals surface area contributed by atoms with Crippen LogP contribution in [0.2, 0.25) is 0 Å². The molecule has 3 rings (SSSR count). The summed E-state index contributed by atoms with van der Waals surface area (Å²) in [6.45, 7) is 2.49. The van der Waals surface area contributed by atoms with Crippen molar-refractivity contribution in [3.05, 3.63) is 95.6 Å². The lowest BCUT2D eigenvalue weighted by Gasteiger charge is -2.27. The fraction of sp³-hybridized carbons (Fsp3) is 0.280. The maximum atomic E-state index is 11.0. The minimum absolute atomic E-state index is 0.0449. The average Bonchev–Trinajstić information content (AvgIpc) is 2.78. The van der Waals surface area contributed by atoms with Crippen LogP contribution >= 0.6 is 0 Å². The Morgan fingerprint density at radius 1 is 0.862 bits per heavy atom. The summed E-state index contributed by atoms with van der Waals surface area (Å²) in [6.07, 6.45) is -0.110. The molecule has 3 unspecified atom stereocenters. The average molecular weight is 392 g/mol. The van der Waals surface area contributed by atoms with Crippen LogP contribution in [-0.2, 0) is 13.0 Å². The van der Waals surface area contributed by atoms with Gasteiger partial charge in [-0.1, -0.05) is 73.7 Å². The number of nitrogens with two attached hydrogens (primary N) is 1. The van der Waals surface area contributed by atoms with Gasteiger partial charge in [-0.2, -0.15) is 0 Å². The lowest BCUT2D eigenvalue weighted by atomic mass is 9.88. The molecule has 3 atom stereocenters. The van der Waals surface area contributed by atoms with Gasteiger partial charge >= 0.3 is 0 Å². The van der Waals surface area contributed by atoms with E-state index in [1.54, 1.807) is 7.11 Å². The molecule has 0 amide bonds. The molecule has 0 spiro atoms. The summed E-state index contributed by atoms with van der Waals surface area (Å²) in [6, 6.07) is 25.0. The molecule has 3 aromatic rings. The maximum Gasteiger partial charge on any atom is 0.125 e. The van der Waals surface area contributed by atoms with Gasteiger partial charge in [-0.25, -0.2) is 0 Å². The van der Waals surface area contributed by atoms with Gasteiger partial charge in [0.2, 0.25) is 0 Å². The second kappa shape index (κ2) is 10.1. The van der Waals surface area contributed by atoms with Gasteiger partial charge in [-0.05, 0) is 35.6 Å². The quantitative estimate of drug-likeness (QED) is 0.563. The summed E-state index contributed by atoms with van der Waals surface area (Å²) in [4.78, 5) is 0. The van der Waals surface area contributed by atoms with Crippen molar-refractivity contribution in [2.45, 2.75) is 32.1 Å². The number of aliphatic hydroxyl groups is 1. The molecular formula is C25H29NO3. The number of para-hydroxylation sites is 2. The van der Waals surface area contributed by atoms with Crippen molar-refractivity contribution in [1.82, 2.24) is 0 Å². The monoisotopic (exact) mass is 391 g/mol. The Balaban J connectivity index is 1.71. The Bertz CT molecular complexity index is 897. The Kier molecular flexibility index (Phi) is 7.28. The van der Waals surface area contributed by atoms with Crippen LogP contribution in [0.3, 0.4) is 0 Å². The molecule has 152 valence electrons. The highest BCUT2D eigenvalue weighted by atomic mass is 16.5. The van der Waals surface area contributed by atoms with Gasteiger partial charge < -0.3 is 20.3 Å². The maximum absolute atomic E-state index is 11.0. The van der Waals surface area contributed by atoms with E-state index < -0.39 is 12.1 Å². The molecule has 0 saturated heterocycles. The van der Waals surface area contributed by atoms with Crippen LogP contribution in [-0.4, -0.2) is 18.3 Å². The Labute approximate surface area is 172 Å². The lowest BCUT2D eigenvalue weighted by Crippen LogP contribution is -2.36. The zero-order valence-electron chi connectivity index (χ0n) is 17.0. The molecular weight excluding hydrogens is 362 g/mol. The van der Waals surface area contributed by atoms with E-state index in [-0.39, 0.29) is 5.92 Å². The van der Waals surface area contributed by atoms with Crippen LogP contribution in [0.4, 0.5) is 0 Å². The molecule has 0 aliphatic heterocycles. The molecule has 4 heteroatoms. The topological polar surface area (TPSA) is 64.7 Å². The van der Waals surface area contributed by atoms with E-state index in [0.29, 0.717) is 17.9 Å². The smallest absolute Gasteiger partial charge is 0.125 e. The Hall–Kier alpha value is -2.82. The molecule has 4 nitrogen and oxygen atoms in total. The molecule has 0 saturated carbocycles. The highest BCUT2D eigenvalue weighted by Gasteiger charge is 2.26. The van der Waals surface area contributed by atoms with Crippen molar-refractivity contribution in [1.29, 1.82) is 0 Å². The van der Waals surface area contributed by atoms with Crippen molar-refractivity contribution < 1.29 is 14.6 Å². The van der Waals surface area contributed by atoms with E-state index in [9.17, 15) is 5.11 Å². The molecule has 0 aromatic heterocycles. The molecule has 29 heavy (non-hydrogen) atoms. The van der Waals surface area contributed by atoms with E-state index in [0.717, 1.165) is 23.3 Å². The molecule has 0 aliphatic rings. The summed E-state index contributed by atoms with van der Waals surface area (Å²) in [5, 5.41) is 11.0. The number of benzene rings is 3. The zero-order valence-corrected chi connectivity index (χ0v) is 17.0. The highest BCUT2D eigenvalue weighted by Crippen LogP contribution is 2.31. The summed E-state index contributed by atoms with van der Waals surface area (Å²) in [7, 11) is 1.67. The standard InChI is InChI=1S/C25H29NO3/c1-18(16-20-12-6-8-14-22(20)28-2)24(26)25(27)21-13-7-9-15-23(21)29-17-19-10-4-3-5-11-19/h3-15,18,24-25,27H,16-17,26H2,1-2H3. The summed E-state index contributed by atoms with van der Waals surface area (Å²) in [5.41, 5.74) is 9.33. The first-order valence-electron chi connectivity index (χ1n) is 9.91. The van der Waals surface area contributed by atoms with E-state index in [4.69, 9.17) is 15.2 Å². The number of hydrogen-bond acceptors (Lipinski definition) is 4. The summed E-state index contributed by atoms with van der Waals surface area (Å²) >= 11 is 0. The third kappa shape index (κ3) is 5.37. The number of methoxy groups -OCH3 is 1. The van der Waals surface area contributed by atoms with Crippen LogP contribution in [0, 0.1) is 5.92 Å². The Morgan fingerprint density at radius 2 is 1.48 bits per heavy atom. The van der Waals surface area contributed by atoms with Gasteiger partial charge in [0.25, 0.3) is 0 Å². The second-order valence-corrected chi connectivity index (χ2v) is 7.33. The van der Waals surface area contributed by atoms with E-state index >= 15 is 0 Å². The van der Waals surface area contributed by atoms with Gasteiger partial charge in [-0.3, -0.25) is 0 Å². The molecule has 0 fully saturated rings. The van der Waals surface area contributed by atoms with Crippen LogP contribution < -0.4 is 15.2 Å². The van der Waals surface area contributed by atoms with Crippen molar-refractivity contribution in [3.8, 4) is 11.5 Å². The van der Waals surface area contributed by atoms with Crippen LogP contribution in [0.1, 0.15) is 29.7 Å². The molecule has 3 N–H and O–H groups in total. The normalized spacial score (nSPS) is 14.1. The number of rotatable bonds is 9. The molecule has 0 bridgehead atoms. The number of aliphatic hydroxyl groups excluding tert-OH is 1. The van der Waals surface area contributed by atoms with E-state index in [1.165, 1.54) is 0 Å². The number of ether oxygens (including phenoxy) is 2. The minimum atomic E-state index is -0.827. The predicted octanol–water partition coefficient (Wildman–Crippen LogP) is 4.51. The third-order valence-electron chi connectivity index (χ3n) is 5.23. The van der Waals surface area contributed by atoms with Crippen molar-refractivity contribution in [2.24, 2.45) is 11.7 Å². The predicted molar refractivity (Wildman–Crippen MR) is 116 cm³/mol. The fourth-order valence-electron chi connectivity index (χ4n) is 3.46. The fourth-order valence-corrected chi connectivity index (χ4v) is 3.46. The first kappa shape index (κ1) is 20.9. The molecule has 0 heterocycles. The van der Waals surface area contributed by atoms with E-state index in [1.807, 2.05) is 85.8 Å². The largest absolute Gasteiger partial charge is 0.496 e. The second-order valence-electron chi connectivity index (χ2n) is 7.33. The first-order valence-corrected chi connectivity index (χ1v) is 9.91. The molecule has 3 aromatic carbocycles. The molecule has 0 radical (unpaired) electrons. The van der Waals surface area contributed by atoms with Crippen molar-refractivity contribution in [3.63, 3.8) is 0 Å². The summed E-state index contributed by atoms with van der Waals surface area (Å²) in [5.74, 6) is 1.54. The Morgan fingerprint density at radius 3 is 2.21 bits per heavy atom. The van der Waals surface area contributed by atoms with Gasteiger partial charge in [0, 0.05) is 11.6 Å². The van der Waals surface area contributed by atoms with Gasteiger partial charge in [-0.15, -0.1) is 0 Å². The van der Waals surface area contributed by atoms with Gasteiger partial charge in [0.05, 0.1) is 13.2 Å². The lowest BCUT2D eigenvalue weighted by molar-refractivity contribution is 0.117. The van der Waals surface area contributed by atoms with Gasteiger partial charge in [0.15, 0.2) is 0 Å². The highest BCUT2D eigenvalue weighted by molar-refractivity contribution is 5.37. The SMILES string of the molecule is COc1ccccc1CC(C)C(N)C(O)c1ccccc1OCc1ccccc1. The van der Waals surface area contributed by atoms with Crippen LogP contribution in [0.15, 0.2) is 78.9 Å². The van der Waals surface area contributed by atoms with Gasteiger partial charge in [0.1, 0.15) is 18.1 Å².